The van der Waals surface area contributed by atoms with Crippen molar-refractivity contribution >= 4 is 35.0 Å². The summed E-state index contributed by atoms with van der Waals surface area (Å²) in [5.74, 6) is -0.225. The number of hydrogen-bond donors (Lipinski definition) is 2. The first kappa shape index (κ1) is 19.1. The van der Waals surface area contributed by atoms with Crippen LogP contribution in [0, 0.1) is 5.82 Å². The number of nitrogens with zero attached hydrogens (tertiary/aromatic N) is 2. The normalized spacial score (nSPS) is 24.2. The van der Waals surface area contributed by atoms with Crippen LogP contribution in [0.2, 0.25) is 10.0 Å². The molecule has 0 aromatic heterocycles. The van der Waals surface area contributed by atoms with Crippen LogP contribution < -0.4 is 10.9 Å². The van der Waals surface area contributed by atoms with Crippen LogP contribution in [0.1, 0.15) is 36.7 Å². The molecule has 146 valence electrons. The van der Waals surface area contributed by atoms with Crippen LogP contribution in [0.4, 0.5) is 4.39 Å². The molecule has 2 aromatic carbocycles. The Kier molecular flexibility index (Phi) is 5.25. The maximum absolute atomic E-state index is 13.1. The van der Waals surface area contributed by atoms with Crippen LogP contribution in [-0.2, 0) is 9.53 Å². The molecule has 9 heteroatoms. The summed E-state index contributed by atoms with van der Waals surface area (Å²) < 4.78 is 19.1. The highest BCUT2D eigenvalue weighted by molar-refractivity contribution is 6.36. The first-order chi connectivity index (χ1) is 13.4. The van der Waals surface area contributed by atoms with E-state index in [1.165, 1.54) is 24.1 Å². The minimum absolute atomic E-state index is 0.0503. The fourth-order valence-corrected chi connectivity index (χ4v) is 3.88. The second kappa shape index (κ2) is 7.67. The molecule has 1 amide bonds. The maximum Gasteiger partial charge on any atom is 0.243 e. The summed E-state index contributed by atoms with van der Waals surface area (Å²) in [4.78, 5) is 12.1. The smallest absolute Gasteiger partial charge is 0.243 e. The summed E-state index contributed by atoms with van der Waals surface area (Å²) in [6.07, 6.45) is -0.223. The van der Waals surface area contributed by atoms with E-state index < -0.39 is 6.23 Å². The number of benzene rings is 2. The standard InChI is InChI=1S/C19H17Cl2FN4O2/c1-10(27)26-19(17-13(20)3-2-4-14(17)21)28-18(25-26)16-9-15(23-24-16)11-5-7-12(22)8-6-11/h2-8,15-16,19,23-24H,9H2,1H3. The molecule has 2 N–H and O–H groups in total. The van der Waals surface area contributed by atoms with Gasteiger partial charge in [-0.3, -0.25) is 4.79 Å². The van der Waals surface area contributed by atoms with E-state index in [1.54, 1.807) is 30.3 Å². The lowest BCUT2D eigenvalue weighted by Gasteiger charge is -2.21. The van der Waals surface area contributed by atoms with E-state index in [2.05, 4.69) is 16.0 Å². The number of amides is 1. The highest BCUT2D eigenvalue weighted by atomic mass is 35.5. The first-order valence-electron chi connectivity index (χ1n) is 8.69. The van der Waals surface area contributed by atoms with Crippen LogP contribution in [-0.4, -0.2) is 22.9 Å². The lowest BCUT2D eigenvalue weighted by atomic mass is 10.0. The Hall–Kier alpha value is -2.19. The number of halogens is 3. The molecule has 2 aromatic rings. The number of carbonyl (C=O) groups excluding carboxylic acids is 1. The highest BCUT2D eigenvalue weighted by Gasteiger charge is 2.40. The molecule has 0 bridgehead atoms. The predicted octanol–water partition coefficient (Wildman–Crippen LogP) is 3.93. The Morgan fingerprint density at radius 3 is 2.43 bits per heavy atom. The van der Waals surface area contributed by atoms with Gasteiger partial charge in [0.15, 0.2) is 0 Å². The van der Waals surface area contributed by atoms with E-state index in [1.807, 2.05) is 0 Å². The van der Waals surface area contributed by atoms with Gasteiger partial charge in [0.2, 0.25) is 18.0 Å². The van der Waals surface area contributed by atoms with Crippen molar-refractivity contribution in [2.75, 3.05) is 0 Å². The molecule has 6 nitrogen and oxygen atoms in total. The molecule has 3 atom stereocenters. The third kappa shape index (κ3) is 3.58. The van der Waals surface area contributed by atoms with E-state index in [9.17, 15) is 9.18 Å². The first-order valence-corrected chi connectivity index (χ1v) is 9.45. The van der Waals surface area contributed by atoms with Gasteiger partial charge in [-0.2, -0.15) is 5.01 Å². The van der Waals surface area contributed by atoms with Gasteiger partial charge in [0.05, 0.1) is 15.6 Å². The van der Waals surface area contributed by atoms with E-state index >= 15 is 0 Å². The zero-order chi connectivity index (χ0) is 19.8. The molecule has 2 aliphatic rings. The molecular formula is C19H17Cl2FN4O2. The third-order valence-electron chi connectivity index (χ3n) is 4.70. The third-order valence-corrected chi connectivity index (χ3v) is 5.36. The topological polar surface area (TPSA) is 66.0 Å². The van der Waals surface area contributed by atoms with Crippen LogP contribution >= 0.6 is 23.2 Å². The molecular weight excluding hydrogens is 406 g/mol. The second-order valence-corrected chi connectivity index (χ2v) is 7.40. The Morgan fingerprint density at radius 1 is 1.14 bits per heavy atom. The van der Waals surface area contributed by atoms with Gasteiger partial charge < -0.3 is 4.74 Å². The fourth-order valence-electron chi connectivity index (χ4n) is 3.29. The van der Waals surface area contributed by atoms with E-state index in [-0.39, 0.29) is 23.8 Å². The number of ether oxygens (including phenoxy) is 1. The molecule has 0 saturated carbocycles. The number of rotatable bonds is 3. The lowest BCUT2D eigenvalue weighted by molar-refractivity contribution is -0.135. The predicted molar refractivity (Wildman–Crippen MR) is 104 cm³/mol. The summed E-state index contributed by atoms with van der Waals surface area (Å²) in [6, 6.07) is 11.0. The van der Waals surface area contributed by atoms with Gasteiger partial charge >= 0.3 is 0 Å². The summed E-state index contributed by atoms with van der Waals surface area (Å²) in [5.41, 5.74) is 7.69. The number of nitrogens with one attached hydrogen (secondary N) is 2. The van der Waals surface area contributed by atoms with Gasteiger partial charge in [-0.1, -0.05) is 41.4 Å². The Morgan fingerprint density at radius 2 is 1.79 bits per heavy atom. The largest absolute Gasteiger partial charge is 0.448 e. The van der Waals surface area contributed by atoms with Gasteiger partial charge in [0, 0.05) is 13.0 Å². The van der Waals surface area contributed by atoms with Gasteiger partial charge in [0.1, 0.15) is 11.9 Å². The van der Waals surface area contributed by atoms with Crippen molar-refractivity contribution in [1.82, 2.24) is 15.9 Å². The average molecular weight is 423 g/mol. The molecule has 0 spiro atoms. The molecule has 28 heavy (non-hydrogen) atoms. The van der Waals surface area contributed by atoms with Crippen LogP contribution in [0.25, 0.3) is 0 Å². The van der Waals surface area contributed by atoms with Crippen molar-refractivity contribution in [3.63, 3.8) is 0 Å². The SMILES string of the molecule is CC(=O)N1N=C(C2CC(c3ccc(F)cc3)NN2)OC1c1c(Cl)cccc1Cl. The minimum Gasteiger partial charge on any atom is -0.448 e. The average Bonchev–Trinajstić information content (AvgIpc) is 3.29. The molecule has 3 unspecified atom stereocenters. The molecule has 0 aliphatic carbocycles. The van der Waals surface area contributed by atoms with Crippen molar-refractivity contribution in [1.29, 1.82) is 0 Å². The highest BCUT2D eigenvalue weighted by Crippen LogP contribution is 2.38. The van der Waals surface area contributed by atoms with Crippen molar-refractivity contribution in [3.8, 4) is 0 Å². The van der Waals surface area contributed by atoms with E-state index in [0.717, 1.165) is 5.56 Å². The van der Waals surface area contributed by atoms with Gasteiger partial charge in [-0.25, -0.2) is 15.2 Å². The summed E-state index contributed by atoms with van der Waals surface area (Å²) in [6.45, 7) is 1.40. The van der Waals surface area contributed by atoms with Crippen LogP contribution in [0.5, 0.6) is 0 Å². The van der Waals surface area contributed by atoms with Crippen molar-refractivity contribution in [2.24, 2.45) is 5.10 Å². The number of carbonyl (C=O) groups is 1. The minimum atomic E-state index is -0.833. The van der Waals surface area contributed by atoms with Crippen molar-refractivity contribution in [2.45, 2.75) is 31.7 Å². The summed E-state index contributed by atoms with van der Waals surface area (Å²) in [7, 11) is 0. The molecule has 1 fully saturated rings. The molecule has 4 rings (SSSR count). The Labute approximate surface area is 171 Å². The summed E-state index contributed by atoms with van der Waals surface area (Å²) in [5, 5.41) is 6.36. The second-order valence-electron chi connectivity index (χ2n) is 6.59. The van der Waals surface area contributed by atoms with E-state index in [4.69, 9.17) is 27.9 Å². The van der Waals surface area contributed by atoms with Crippen molar-refractivity contribution < 1.29 is 13.9 Å². The fraction of sp³-hybridized carbons (Fsp3) is 0.263. The van der Waals surface area contributed by atoms with Gasteiger partial charge in [0.25, 0.3) is 0 Å². The Balaban J connectivity index is 1.55. The number of hydrazine groups is 1. The van der Waals surface area contributed by atoms with Gasteiger partial charge in [-0.05, 0) is 36.2 Å². The lowest BCUT2D eigenvalue weighted by Crippen LogP contribution is -2.36. The van der Waals surface area contributed by atoms with Gasteiger partial charge in [-0.15, -0.1) is 5.10 Å². The van der Waals surface area contributed by atoms with E-state index in [0.29, 0.717) is 27.9 Å². The molecule has 2 heterocycles. The zero-order valence-electron chi connectivity index (χ0n) is 14.8. The summed E-state index contributed by atoms with van der Waals surface area (Å²) >= 11 is 12.6. The number of hydrazone groups is 1. The maximum atomic E-state index is 13.1. The van der Waals surface area contributed by atoms with Crippen LogP contribution in [0.15, 0.2) is 47.6 Å². The Bertz CT molecular complexity index is 918. The molecule has 2 aliphatic heterocycles. The molecule has 1 saturated heterocycles. The quantitative estimate of drug-likeness (QED) is 0.786. The van der Waals surface area contributed by atoms with Crippen molar-refractivity contribution in [3.05, 3.63) is 69.5 Å². The zero-order valence-corrected chi connectivity index (χ0v) is 16.3. The molecule has 0 radical (unpaired) electrons. The monoisotopic (exact) mass is 422 g/mol. The van der Waals surface area contributed by atoms with Crippen LogP contribution in [0.3, 0.4) is 0 Å². The number of hydrogen-bond acceptors (Lipinski definition) is 5.